The van der Waals surface area contributed by atoms with Gasteiger partial charge in [-0.15, -0.1) is 0 Å². The quantitative estimate of drug-likeness (QED) is 0.814. The molecule has 18 heavy (non-hydrogen) atoms. The molecule has 1 unspecified atom stereocenters. The molecular formula is C12H14BrF2NO2. The highest BCUT2D eigenvalue weighted by Crippen LogP contribution is 2.09. The van der Waals surface area contributed by atoms with E-state index in [0.717, 1.165) is 12.1 Å². The molecule has 1 rings (SSSR count). The number of alkyl halides is 1. The summed E-state index contributed by atoms with van der Waals surface area (Å²) in [6.07, 6.45) is 0.0178. The molecule has 0 radical (unpaired) electrons. The molecule has 1 aromatic carbocycles. The third-order valence-corrected chi connectivity index (χ3v) is 2.80. The van der Waals surface area contributed by atoms with Gasteiger partial charge in [-0.25, -0.2) is 8.78 Å². The van der Waals surface area contributed by atoms with E-state index < -0.39 is 11.6 Å². The Morgan fingerprint density at radius 2 is 2.17 bits per heavy atom. The number of carbonyl (C=O) groups is 1. The molecule has 1 N–H and O–H groups in total. The number of benzene rings is 1. The van der Waals surface area contributed by atoms with Gasteiger partial charge >= 0.3 is 0 Å². The van der Waals surface area contributed by atoms with Crippen molar-refractivity contribution in [3.63, 3.8) is 0 Å². The van der Waals surface area contributed by atoms with E-state index >= 15 is 0 Å². The number of carbonyl (C=O) groups excluding carboxylic acids is 1. The van der Waals surface area contributed by atoms with Gasteiger partial charge < -0.3 is 10.1 Å². The zero-order valence-electron chi connectivity index (χ0n) is 9.88. The van der Waals surface area contributed by atoms with Crippen LogP contribution in [0, 0.1) is 11.6 Å². The highest BCUT2D eigenvalue weighted by Gasteiger charge is 2.09. The zero-order valence-corrected chi connectivity index (χ0v) is 11.5. The SMILES string of the molecule is COCC(Br)CNC(=O)Cc1ccc(F)c(F)c1. The second-order valence-electron chi connectivity index (χ2n) is 3.78. The Balaban J connectivity index is 2.42. The summed E-state index contributed by atoms with van der Waals surface area (Å²) in [5.41, 5.74) is 0.435. The molecule has 0 fully saturated rings. The number of hydrogen-bond donors (Lipinski definition) is 1. The van der Waals surface area contributed by atoms with Crippen molar-refractivity contribution in [1.29, 1.82) is 0 Å². The van der Waals surface area contributed by atoms with E-state index in [1.165, 1.54) is 6.07 Å². The minimum absolute atomic E-state index is 0.0178. The van der Waals surface area contributed by atoms with Crippen LogP contribution in [0.5, 0.6) is 0 Å². The van der Waals surface area contributed by atoms with E-state index in [1.54, 1.807) is 7.11 Å². The van der Waals surface area contributed by atoms with Gasteiger partial charge in [0.1, 0.15) is 0 Å². The molecule has 0 spiro atoms. The van der Waals surface area contributed by atoms with Crippen LogP contribution < -0.4 is 5.32 Å². The summed E-state index contributed by atoms with van der Waals surface area (Å²) in [5.74, 6) is -2.11. The van der Waals surface area contributed by atoms with Crippen molar-refractivity contribution < 1.29 is 18.3 Å². The van der Waals surface area contributed by atoms with Gasteiger partial charge in [0.2, 0.25) is 5.91 Å². The smallest absolute Gasteiger partial charge is 0.224 e. The fourth-order valence-electron chi connectivity index (χ4n) is 1.36. The molecule has 0 aromatic heterocycles. The van der Waals surface area contributed by atoms with E-state index in [9.17, 15) is 13.6 Å². The van der Waals surface area contributed by atoms with Crippen LogP contribution in [0.1, 0.15) is 5.56 Å². The third kappa shape index (κ3) is 5.10. The van der Waals surface area contributed by atoms with Crippen LogP contribution in [0.15, 0.2) is 18.2 Å². The first kappa shape index (κ1) is 15.0. The van der Waals surface area contributed by atoms with Gasteiger partial charge in [0.05, 0.1) is 17.9 Å². The molecule has 100 valence electrons. The Morgan fingerprint density at radius 3 is 2.78 bits per heavy atom. The standard InChI is InChI=1S/C12H14BrF2NO2/c1-18-7-9(13)6-16-12(17)5-8-2-3-10(14)11(15)4-8/h2-4,9H,5-7H2,1H3,(H,16,17). The lowest BCUT2D eigenvalue weighted by atomic mass is 10.1. The topological polar surface area (TPSA) is 38.3 Å². The predicted molar refractivity (Wildman–Crippen MR) is 67.7 cm³/mol. The van der Waals surface area contributed by atoms with E-state index in [1.807, 2.05) is 0 Å². The van der Waals surface area contributed by atoms with E-state index in [0.29, 0.717) is 18.7 Å². The molecule has 0 bridgehead atoms. The molecular weight excluding hydrogens is 308 g/mol. The van der Waals surface area contributed by atoms with Crippen molar-refractivity contribution in [3.05, 3.63) is 35.4 Å². The number of nitrogens with one attached hydrogen (secondary N) is 1. The van der Waals surface area contributed by atoms with Gasteiger partial charge in [-0.05, 0) is 17.7 Å². The summed E-state index contributed by atoms with van der Waals surface area (Å²) in [6, 6.07) is 3.42. The number of hydrogen-bond acceptors (Lipinski definition) is 2. The number of methoxy groups -OCH3 is 1. The molecule has 0 saturated carbocycles. The first-order chi connectivity index (χ1) is 8.52. The molecule has 3 nitrogen and oxygen atoms in total. The minimum Gasteiger partial charge on any atom is -0.383 e. The van der Waals surface area contributed by atoms with Crippen molar-refractivity contribution in [2.45, 2.75) is 11.2 Å². The summed E-state index contributed by atoms with van der Waals surface area (Å²) < 4.78 is 30.5. The molecule has 0 saturated heterocycles. The predicted octanol–water partition coefficient (Wildman–Crippen LogP) is 2.03. The molecule has 6 heteroatoms. The fourth-order valence-corrected chi connectivity index (χ4v) is 1.79. The number of amides is 1. The average molecular weight is 322 g/mol. The zero-order chi connectivity index (χ0) is 13.5. The Bertz CT molecular complexity index is 415. The van der Waals surface area contributed by atoms with Crippen LogP contribution in [0.25, 0.3) is 0 Å². The molecule has 0 aliphatic carbocycles. The van der Waals surface area contributed by atoms with Gasteiger partial charge in [-0.1, -0.05) is 22.0 Å². The lowest BCUT2D eigenvalue weighted by molar-refractivity contribution is -0.120. The highest BCUT2D eigenvalue weighted by molar-refractivity contribution is 9.09. The summed E-state index contributed by atoms with van der Waals surface area (Å²) in [4.78, 5) is 11.6. The first-order valence-corrected chi connectivity index (χ1v) is 6.28. The maximum Gasteiger partial charge on any atom is 0.224 e. The first-order valence-electron chi connectivity index (χ1n) is 5.36. The largest absolute Gasteiger partial charge is 0.383 e. The van der Waals surface area contributed by atoms with Crippen LogP contribution in [0.2, 0.25) is 0 Å². The van der Waals surface area contributed by atoms with E-state index in [-0.39, 0.29) is 17.2 Å². The van der Waals surface area contributed by atoms with Crippen molar-refractivity contribution in [3.8, 4) is 0 Å². The van der Waals surface area contributed by atoms with E-state index in [4.69, 9.17) is 4.74 Å². The van der Waals surface area contributed by atoms with Crippen LogP contribution in [-0.4, -0.2) is 31.0 Å². The fraction of sp³-hybridized carbons (Fsp3) is 0.417. The maximum atomic E-state index is 12.9. The Hall–Kier alpha value is -1.01. The number of rotatable bonds is 6. The second-order valence-corrected chi connectivity index (χ2v) is 5.08. The summed E-state index contributed by atoms with van der Waals surface area (Å²) in [6.45, 7) is 0.891. The Morgan fingerprint density at radius 1 is 1.44 bits per heavy atom. The van der Waals surface area contributed by atoms with Gasteiger partial charge in [0.25, 0.3) is 0 Å². The van der Waals surface area contributed by atoms with Crippen molar-refractivity contribution in [1.82, 2.24) is 5.32 Å². The van der Waals surface area contributed by atoms with E-state index in [2.05, 4.69) is 21.2 Å². The number of ether oxygens (including phenoxy) is 1. The molecule has 0 aliphatic heterocycles. The highest BCUT2D eigenvalue weighted by atomic mass is 79.9. The number of halogens is 3. The maximum absolute atomic E-state index is 12.9. The third-order valence-electron chi connectivity index (χ3n) is 2.22. The van der Waals surface area contributed by atoms with Crippen LogP contribution in [0.3, 0.4) is 0 Å². The Kier molecular flexibility index (Phi) is 6.21. The van der Waals surface area contributed by atoms with Crippen molar-refractivity contribution in [2.24, 2.45) is 0 Å². The van der Waals surface area contributed by atoms with Crippen molar-refractivity contribution in [2.75, 3.05) is 20.3 Å². The van der Waals surface area contributed by atoms with Gasteiger partial charge in [-0.3, -0.25) is 4.79 Å². The van der Waals surface area contributed by atoms with Crippen LogP contribution in [0.4, 0.5) is 8.78 Å². The van der Waals surface area contributed by atoms with Gasteiger partial charge in [-0.2, -0.15) is 0 Å². The van der Waals surface area contributed by atoms with Gasteiger partial charge in [0.15, 0.2) is 11.6 Å². The lowest BCUT2D eigenvalue weighted by Crippen LogP contribution is -2.32. The monoisotopic (exact) mass is 321 g/mol. The molecule has 0 aliphatic rings. The van der Waals surface area contributed by atoms with Crippen LogP contribution >= 0.6 is 15.9 Å². The molecule has 1 atom stereocenters. The summed E-state index contributed by atoms with van der Waals surface area (Å²) >= 11 is 3.32. The molecule has 0 heterocycles. The Labute approximate surface area is 113 Å². The second kappa shape index (κ2) is 7.43. The van der Waals surface area contributed by atoms with Crippen molar-refractivity contribution >= 4 is 21.8 Å². The lowest BCUT2D eigenvalue weighted by Gasteiger charge is -2.10. The average Bonchev–Trinajstić information content (AvgIpc) is 2.32. The summed E-state index contributed by atoms with van der Waals surface area (Å²) in [7, 11) is 1.57. The normalized spacial score (nSPS) is 12.2. The summed E-state index contributed by atoms with van der Waals surface area (Å²) in [5, 5.41) is 2.67. The minimum atomic E-state index is -0.946. The molecule has 1 amide bonds. The molecule has 1 aromatic rings. The van der Waals surface area contributed by atoms with Gasteiger partial charge in [0, 0.05) is 13.7 Å². The van der Waals surface area contributed by atoms with Crippen LogP contribution in [-0.2, 0) is 16.0 Å².